The molecule has 0 saturated heterocycles. The summed E-state index contributed by atoms with van der Waals surface area (Å²) < 4.78 is 5.98. The quantitative estimate of drug-likeness (QED) is 0.625. The standard InChI is InChI=1S/C16H33NO/c1-3-9-16(17-12-4-2)14-18-13-15-10-7-5-6-8-11-15/h15-17H,3-14H2,1-2H3. The highest BCUT2D eigenvalue weighted by Gasteiger charge is 2.13. The van der Waals surface area contributed by atoms with Crippen LogP contribution in [-0.4, -0.2) is 25.8 Å². The van der Waals surface area contributed by atoms with Crippen LogP contribution in [0.3, 0.4) is 0 Å². The molecule has 0 spiro atoms. The van der Waals surface area contributed by atoms with Crippen LogP contribution in [0.4, 0.5) is 0 Å². The first-order chi connectivity index (χ1) is 8.86. The molecule has 2 nitrogen and oxygen atoms in total. The minimum atomic E-state index is 0.570. The average Bonchev–Trinajstić information content (AvgIpc) is 2.64. The Kier molecular flexibility index (Phi) is 9.59. The number of ether oxygens (including phenoxy) is 1. The van der Waals surface area contributed by atoms with E-state index in [2.05, 4.69) is 19.2 Å². The van der Waals surface area contributed by atoms with Crippen LogP contribution >= 0.6 is 0 Å². The third-order valence-electron chi connectivity index (χ3n) is 3.97. The van der Waals surface area contributed by atoms with Gasteiger partial charge < -0.3 is 10.1 Å². The second-order valence-corrected chi connectivity index (χ2v) is 5.83. The van der Waals surface area contributed by atoms with Gasteiger partial charge in [0.05, 0.1) is 6.61 Å². The van der Waals surface area contributed by atoms with Crippen LogP contribution in [0.1, 0.15) is 71.6 Å². The molecule has 0 bridgehead atoms. The zero-order chi connectivity index (χ0) is 13.1. The topological polar surface area (TPSA) is 21.3 Å². The lowest BCUT2D eigenvalue weighted by atomic mass is 10.0. The zero-order valence-electron chi connectivity index (χ0n) is 12.5. The minimum Gasteiger partial charge on any atom is -0.380 e. The molecule has 0 aromatic carbocycles. The van der Waals surface area contributed by atoms with E-state index in [-0.39, 0.29) is 0 Å². The zero-order valence-corrected chi connectivity index (χ0v) is 12.5. The van der Waals surface area contributed by atoms with Gasteiger partial charge in [0.2, 0.25) is 0 Å². The summed E-state index contributed by atoms with van der Waals surface area (Å²) in [7, 11) is 0. The van der Waals surface area contributed by atoms with Crippen molar-refractivity contribution < 1.29 is 4.74 Å². The van der Waals surface area contributed by atoms with Gasteiger partial charge in [-0.25, -0.2) is 0 Å². The van der Waals surface area contributed by atoms with Crippen molar-refractivity contribution in [1.29, 1.82) is 0 Å². The molecule has 1 unspecified atom stereocenters. The fraction of sp³-hybridized carbons (Fsp3) is 1.00. The van der Waals surface area contributed by atoms with Crippen LogP contribution in [0.25, 0.3) is 0 Å². The van der Waals surface area contributed by atoms with Gasteiger partial charge in [-0.15, -0.1) is 0 Å². The van der Waals surface area contributed by atoms with E-state index in [0.717, 1.165) is 25.7 Å². The largest absolute Gasteiger partial charge is 0.380 e. The molecule has 0 radical (unpaired) electrons. The molecule has 0 heterocycles. The molecule has 18 heavy (non-hydrogen) atoms. The molecule has 0 amide bonds. The van der Waals surface area contributed by atoms with Crippen LogP contribution in [-0.2, 0) is 4.74 Å². The first-order valence-electron chi connectivity index (χ1n) is 8.18. The molecule has 0 aromatic rings. The van der Waals surface area contributed by atoms with Gasteiger partial charge in [-0.1, -0.05) is 46.0 Å². The highest BCUT2D eigenvalue weighted by atomic mass is 16.5. The van der Waals surface area contributed by atoms with E-state index in [1.54, 1.807) is 0 Å². The van der Waals surface area contributed by atoms with Crippen molar-refractivity contribution in [2.24, 2.45) is 5.92 Å². The van der Waals surface area contributed by atoms with Gasteiger partial charge in [0, 0.05) is 12.6 Å². The van der Waals surface area contributed by atoms with Crippen molar-refractivity contribution in [1.82, 2.24) is 5.32 Å². The van der Waals surface area contributed by atoms with Crippen molar-refractivity contribution in [2.75, 3.05) is 19.8 Å². The Morgan fingerprint density at radius 3 is 2.39 bits per heavy atom. The Labute approximate surface area is 114 Å². The molecule has 0 aliphatic heterocycles. The summed E-state index contributed by atoms with van der Waals surface area (Å²) in [6.45, 7) is 7.50. The maximum absolute atomic E-state index is 5.98. The number of nitrogens with one attached hydrogen (secondary N) is 1. The number of hydrogen-bond donors (Lipinski definition) is 1. The number of rotatable bonds is 9. The second-order valence-electron chi connectivity index (χ2n) is 5.83. The van der Waals surface area contributed by atoms with E-state index in [1.165, 1.54) is 57.8 Å². The second kappa shape index (κ2) is 10.8. The Bertz CT molecular complexity index is 176. The lowest BCUT2D eigenvalue weighted by Gasteiger charge is -2.20. The molecule has 1 aliphatic rings. The molecular formula is C16H33NO. The maximum atomic E-state index is 5.98. The van der Waals surface area contributed by atoms with Gasteiger partial charge >= 0.3 is 0 Å². The highest BCUT2D eigenvalue weighted by molar-refractivity contribution is 4.67. The molecule has 1 saturated carbocycles. The molecule has 1 aliphatic carbocycles. The molecular weight excluding hydrogens is 222 g/mol. The molecule has 108 valence electrons. The Morgan fingerprint density at radius 2 is 1.78 bits per heavy atom. The fourth-order valence-electron chi connectivity index (χ4n) is 2.85. The minimum absolute atomic E-state index is 0.570. The van der Waals surface area contributed by atoms with Gasteiger partial charge in [0.15, 0.2) is 0 Å². The lowest BCUT2D eigenvalue weighted by molar-refractivity contribution is 0.0747. The van der Waals surface area contributed by atoms with Crippen molar-refractivity contribution >= 4 is 0 Å². The molecule has 1 N–H and O–H groups in total. The van der Waals surface area contributed by atoms with Gasteiger partial charge in [-0.05, 0) is 38.1 Å². The Hall–Kier alpha value is -0.0800. The summed E-state index contributed by atoms with van der Waals surface area (Å²) in [5.41, 5.74) is 0. The van der Waals surface area contributed by atoms with Crippen molar-refractivity contribution in [3.8, 4) is 0 Å². The summed E-state index contributed by atoms with van der Waals surface area (Å²) in [5.74, 6) is 0.834. The van der Waals surface area contributed by atoms with Crippen LogP contribution in [0.15, 0.2) is 0 Å². The lowest BCUT2D eigenvalue weighted by Crippen LogP contribution is -2.34. The Morgan fingerprint density at radius 1 is 1.06 bits per heavy atom. The van der Waals surface area contributed by atoms with Crippen molar-refractivity contribution in [3.63, 3.8) is 0 Å². The SMILES string of the molecule is CCCNC(CCC)COCC1CCCCCC1. The predicted octanol–water partition coefficient (Wildman–Crippen LogP) is 4.14. The van der Waals surface area contributed by atoms with Crippen molar-refractivity contribution in [3.05, 3.63) is 0 Å². The highest BCUT2D eigenvalue weighted by Crippen LogP contribution is 2.22. The normalized spacial score (nSPS) is 19.7. The smallest absolute Gasteiger partial charge is 0.0619 e. The maximum Gasteiger partial charge on any atom is 0.0619 e. The predicted molar refractivity (Wildman–Crippen MR) is 79.0 cm³/mol. The summed E-state index contributed by atoms with van der Waals surface area (Å²) in [6, 6.07) is 0.570. The fourth-order valence-corrected chi connectivity index (χ4v) is 2.85. The molecule has 1 rings (SSSR count). The summed E-state index contributed by atoms with van der Waals surface area (Å²) in [6.07, 6.45) is 12.2. The third-order valence-corrected chi connectivity index (χ3v) is 3.97. The van der Waals surface area contributed by atoms with Crippen LogP contribution in [0.2, 0.25) is 0 Å². The summed E-state index contributed by atoms with van der Waals surface area (Å²) >= 11 is 0. The molecule has 0 aromatic heterocycles. The van der Waals surface area contributed by atoms with Gasteiger partial charge in [-0.3, -0.25) is 0 Å². The molecule has 1 fully saturated rings. The van der Waals surface area contributed by atoms with Crippen LogP contribution < -0.4 is 5.32 Å². The van der Waals surface area contributed by atoms with E-state index in [1.807, 2.05) is 0 Å². The van der Waals surface area contributed by atoms with Gasteiger partial charge in [-0.2, -0.15) is 0 Å². The van der Waals surface area contributed by atoms with E-state index < -0.39 is 0 Å². The summed E-state index contributed by atoms with van der Waals surface area (Å²) in [4.78, 5) is 0. The van der Waals surface area contributed by atoms with Gasteiger partial charge in [0.1, 0.15) is 0 Å². The van der Waals surface area contributed by atoms with Crippen LogP contribution in [0.5, 0.6) is 0 Å². The third kappa shape index (κ3) is 7.38. The van der Waals surface area contributed by atoms with E-state index in [9.17, 15) is 0 Å². The first kappa shape index (κ1) is 16.0. The van der Waals surface area contributed by atoms with Crippen LogP contribution in [0, 0.1) is 5.92 Å². The molecule has 2 heteroatoms. The average molecular weight is 255 g/mol. The van der Waals surface area contributed by atoms with Crippen molar-refractivity contribution in [2.45, 2.75) is 77.7 Å². The van der Waals surface area contributed by atoms with E-state index in [4.69, 9.17) is 4.74 Å². The monoisotopic (exact) mass is 255 g/mol. The molecule has 1 atom stereocenters. The van der Waals surface area contributed by atoms with E-state index in [0.29, 0.717) is 6.04 Å². The first-order valence-corrected chi connectivity index (χ1v) is 8.18. The van der Waals surface area contributed by atoms with E-state index >= 15 is 0 Å². The summed E-state index contributed by atoms with van der Waals surface area (Å²) in [5, 5.41) is 3.60. The Balaban J connectivity index is 2.11. The van der Waals surface area contributed by atoms with Gasteiger partial charge in [0.25, 0.3) is 0 Å². The number of hydrogen-bond acceptors (Lipinski definition) is 2.